The molecule has 3 rings (SSSR count). The number of halogens is 1. The van der Waals surface area contributed by atoms with Gasteiger partial charge in [-0.05, 0) is 48.9 Å². The number of carbonyl (C=O) groups is 1. The molecule has 3 aromatic rings. The molecule has 0 saturated carbocycles. The van der Waals surface area contributed by atoms with E-state index < -0.39 is 28.5 Å². The minimum atomic E-state index is -4.04. The standard InChI is InChI=1S/C23H23FN2O4S/c1-17(18-12-14-19(24)15-13-18)25-23(27)16-26(21-10-6-7-11-22(21)30-2)31(28,29)20-8-4-3-5-9-20/h3-15,17H,16H2,1-2H3,(H,25,27)/t17-/m0/s1. The third-order valence-corrected chi connectivity index (χ3v) is 6.49. The van der Waals surface area contributed by atoms with Crippen molar-refractivity contribution in [1.82, 2.24) is 5.32 Å². The lowest BCUT2D eigenvalue weighted by Crippen LogP contribution is -2.41. The number of nitrogens with one attached hydrogen (secondary N) is 1. The molecule has 0 aliphatic heterocycles. The molecule has 1 amide bonds. The first-order chi connectivity index (χ1) is 14.8. The molecule has 0 radical (unpaired) electrons. The van der Waals surface area contributed by atoms with Crippen LogP contribution in [-0.2, 0) is 14.8 Å². The lowest BCUT2D eigenvalue weighted by atomic mass is 10.1. The van der Waals surface area contributed by atoms with Gasteiger partial charge < -0.3 is 10.1 Å². The van der Waals surface area contributed by atoms with Crippen LogP contribution in [0.15, 0.2) is 83.8 Å². The Balaban J connectivity index is 1.91. The molecule has 3 aromatic carbocycles. The molecular formula is C23H23FN2O4S. The highest BCUT2D eigenvalue weighted by atomic mass is 32.2. The summed E-state index contributed by atoms with van der Waals surface area (Å²) in [6.45, 7) is 1.29. The van der Waals surface area contributed by atoms with Crippen LogP contribution in [0.25, 0.3) is 0 Å². The van der Waals surface area contributed by atoms with Gasteiger partial charge >= 0.3 is 0 Å². The Morgan fingerprint density at radius 1 is 1.00 bits per heavy atom. The zero-order valence-corrected chi connectivity index (χ0v) is 18.0. The molecule has 162 valence electrons. The normalized spacial score (nSPS) is 12.1. The Kier molecular flexibility index (Phi) is 6.91. The molecule has 8 heteroatoms. The third kappa shape index (κ3) is 5.21. The molecule has 0 aliphatic rings. The van der Waals surface area contributed by atoms with Gasteiger partial charge in [0.1, 0.15) is 18.1 Å². The molecular weight excluding hydrogens is 419 g/mol. The molecule has 0 saturated heterocycles. The van der Waals surface area contributed by atoms with Crippen LogP contribution < -0.4 is 14.4 Å². The molecule has 0 heterocycles. The van der Waals surface area contributed by atoms with Crippen molar-refractivity contribution in [2.24, 2.45) is 0 Å². The number of anilines is 1. The SMILES string of the molecule is COc1ccccc1N(CC(=O)N[C@@H](C)c1ccc(F)cc1)S(=O)(=O)c1ccccc1. The fourth-order valence-corrected chi connectivity index (χ4v) is 4.56. The number of para-hydroxylation sites is 2. The van der Waals surface area contributed by atoms with Gasteiger partial charge in [0.15, 0.2) is 0 Å². The predicted octanol–water partition coefficient (Wildman–Crippen LogP) is 3.91. The maximum atomic E-state index is 13.4. The third-order valence-electron chi connectivity index (χ3n) is 4.72. The molecule has 0 spiro atoms. The number of amides is 1. The minimum absolute atomic E-state index is 0.0558. The Labute approximate surface area is 181 Å². The van der Waals surface area contributed by atoms with E-state index in [2.05, 4.69) is 5.32 Å². The summed E-state index contributed by atoms with van der Waals surface area (Å²) in [7, 11) is -2.61. The Bertz CT molecular complexity index is 1140. The van der Waals surface area contributed by atoms with Crippen LogP contribution in [0.3, 0.4) is 0 Å². The molecule has 1 atom stereocenters. The van der Waals surface area contributed by atoms with E-state index in [0.717, 1.165) is 4.31 Å². The number of sulfonamides is 1. The number of hydrogen-bond acceptors (Lipinski definition) is 4. The van der Waals surface area contributed by atoms with Crippen LogP contribution >= 0.6 is 0 Å². The largest absolute Gasteiger partial charge is 0.495 e. The fourth-order valence-electron chi connectivity index (χ4n) is 3.11. The van der Waals surface area contributed by atoms with Crippen LogP contribution in [0, 0.1) is 5.82 Å². The highest BCUT2D eigenvalue weighted by molar-refractivity contribution is 7.92. The van der Waals surface area contributed by atoms with E-state index in [-0.39, 0.29) is 16.4 Å². The van der Waals surface area contributed by atoms with Gasteiger partial charge in [0.2, 0.25) is 5.91 Å². The van der Waals surface area contributed by atoms with Crippen molar-refractivity contribution in [3.8, 4) is 5.75 Å². The van der Waals surface area contributed by atoms with Gasteiger partial charge in [0.05, 0.1) is 23.7 Å². The number of carbonyl (C=O) groups excluding carboxylic acids is 1. The Hall–Kier alpha value is -3.39. The summed E-state index contributed by atoms with van der Waals surface area (Å²) in [4.78, 5) is 12.9. The van der Waals surface area contributed by atoms with Crippen LogP contribution in [-0.4, -0.2) is 28.0 Å². The van der Waals surface area contributed by atoms with Gasteiger partial charge in [-0.15, -0.1) is 0 Å². The first kappa shape index (κ1) is 22.3. The van der Waals surface area contributed by atoms with Crippen molar-refractivity contribution >= 4 is 21.6 Å². The maximum Gasteiger partial charge on any atom is 0.264 e. The van der Waals surface area contributed by atoms with Gasteiger partial charge in [-0.25, -0.2) is 12.8 Å². The van der Waals surface area contributed by atoms with Crippen molar-refractivity contribution in [3.63, 3.8) is 0 Å². The van der Waals surface area contributed by atoms with E-state index in [1.54, 1.807) is 61.5 Å². The minimum Gasteiger partial charge on any atom is -0.495 e. The summed E-state index contributed by atoms with van der Waals surface area (Å²) in [5.41, 5.74) is 0.947. The number of ether oxygens (including phenoxy) is 1. The van der Waals surface area contributed by atoms with E-state index in [1.165, 1.54) is 31.4 Å². The molecule has 31 heavy (non-hydrogen) atoms. The second kappa shape index (κ2) is 9.61. The van der Waals surface area contributed by atoms with Crippen molar-refractivity contribution < 1.29 is 22.3 Å². The van der Waals surface area contributed by atoms with E-state index in [9.17, 15) is 17.6 Å². The lowest BCUT2D eigenvalue weighted by Gasteiger charge is -2.26. The molecule has 0 fully saturated rings. The maximum absolute atomic E-state index is 13.4. The van der Waals surface area contributed by atoms with Gasteiger partial charge in [0.25, 0.3) is 10.0 Å². The van der Waals surface area contributed by atoms with Gasteiger partial charge in [-0.3, -0.25) is 9.10 Å². The van der Waals surface area contributed by atoms with Crippen LogP contribution in [0.4, 0.5) is 10.1 Å². The summed E-state index contributed by atoms with van der Waals surface area (Å²) in [6, 6.07) is 19.8. The Morgan fingerprint density at radius 3 is 2.26 bits per heavy atom. The smallest absolute Gasteiger partial charge is 0.264 e. The molecule has 0 unspecified atom stereocenters. The van der Waals surface area contributed by atoms with Crippen molar-refractivity contribution in [2.45, 2.75) is 17.9 Å². The van der Waals surface area contributed by atoms with E-state index in [4.69, 9.17) is 4.74 Å². The quantitative estimate of drug-likeness (QED) is 0.574. The first-order valence-corrected chi connectivity index (χ1v) is 11.0. The van der Waals surface area contributed by atoms with Gasteiger partial charge in [0, 0.05) is 0 Å². The Morgan fingerprint density at radius 2 is 1.61 bits per heavy atom. The summed E-state index contributed by atoms with van der Waals surface area (Å²) in [5.74, 6) is -0.567. The summed E-state index contributed by atoms with van der Waals surface area (Å²) in [5, 5.41) is 2.77. The first-order valence-electron chi connectivity index (χ1n) is 9.58. The highest BCUT2D eigenvalue weighted by Gasteiger charge is 2.29. The van der Waals surface area contributed by atoms with Crippen LogP contribution in [0.2, 0.25) is 0 Å². The number of hydrogen-bond donors (Lipinski definition) is 1. The molecule has 1 N–H and O–H groups in total. The summed E-state index contributed by atoms with van der Waals surface area (Å²) >= 11 is 0. The van der Waals surface area contributed by atoms with Crippen molar-refractivity contribution in [2.75, 3.05) is 18.0 Å². The predicted molar refractivity (Wildman–Crippen MR) is 117 cm³/mol. The second-order valence-electron chi connectivity index (χ2n) is 6.84. The highest BCUT2D eigenvalue weighted by Crippen LogP contribution is 2.32. The van der Waals surface area contributed by atoms with Crippen molar-refractivity contribution in [1.29, 1.82) is 0 Å². The zero-order valence-electron chi connectivity index (χ0n) is 17.2. The van der Waals surface area contributed by atoms with Crippen molar-refractivity contribution in [3.05, 3.63) is 90.2 Å². The van der Waals surface area contributed by atoms with Gasteiger partial charge in [-0.2, -0.15) is 0 Å². The molecule has 0 bridgehead atoms. The second-order valence-corrected chi connectivity index (χ2v) is 8.70. The molecule has 0 aliphatic carbocycles. The lowest BCUT2D eigenvalue weighted by molar-refractivity contribution is -0.120. The number of rotatable bonds is 8. The number of nitrogens with zero attached hydrogens (tertiary/aromatic N) is 1. The van der Waals surface area contributed by atoms with E-state index >= 15 is 0 Å². The zero-order chi connectivity index (χ0) is 22.4. The topological polar surface area (TPSA) is 75.7 Å². The van der Waals surface area contributed by atoms with Crippen LogP contribution in [0.1, 0.15) is 18.5 Å². The summed E-state index contributed by atoms with van der Waals surface area (Å²) < 4.78 is 46.3. The average molecular weight is 443 g/mol. The fraction of sp³-hybridized carbons (Fsp3) is 0.174. The number of benzene rings is 3. The van der Waals surface area contributed by atoms with Crippen LogP contribution in [0.5, 0.6) is 5.75 Å². The van der Waals surface area contributed by atoms with E-state index in [1.807, 2.05) is 0 Å². The number of methoxy groups -OCH3 is 1. The summed E-state index contributed by atoms with van der Waals surface area (Å²) in [6.07, 6.45) is 0. The molecule has 6 nitrogen and oxygen atoms in total. The molecule has 0 aromatic heterocycles. The van der Waals surface area contributed by atoms with Gasteiger partial charge in [-0.1, -0.05) is 42.5 Å². The average Bonchev–Trinajstić information content (AvgIpc) is 2.78. The van der Waals surface area contributed by atoms with E-state index in [0.29, 0.717) is 11.3 Å². The monoisotopic (exact) mass is 442 g/mol.